The van der Waals surface area contributed by atoms with Crippen LogP contribution in [-0.2, 0) is 4.79 Å². The van der Waals surface area contributed by atoms with Crippen molar-refractivity contribution >= 4 is 5.97 Å². The van der Waals surface area contributed by atoms with Crippen molar-refractivity contribution in [2.45, 2.75) is 12.5 Å². The fourth-order valence-electron chi connectivity index (χ4n) is 0.419. The number of carbonyl (C=O) groups is 1. The first kappa shape index (κ1) is 8.91. The van der Waals surface area contributed by atoms with E-state index in [-0.39, 0.29) is 6.42 Å². The number of aliphatic hydroxyl groups is 1. The standard InChI is InChI=1S/C7H10O3/c1-3-5(2)4-6(8)7(9)10/h3,6,8H,1-2,4H2,(H,9,10). The lowest BCUT2D eigenvalue weighted by molar-refractivity contribution is -0.146. The van der Waals surface area contributed by atoms with Gasteiger partial charge in [-0.15, -0.1) is 0 Å². The van der Waals surface area contributed by atoms with E-state index in [4.69, 9.17) is 10.2 Å². The average Bonchev–Trinajstić information content (AvgIpc) is 1.87. The predicted molar refractivity (Wildman–Crippen MR) is 37.6 cm³/mol. The Morgan fingerprint density at radius 1 is 1.70 bits per heavy atom. The van der Waals surface area contributed by atoms with Gasteiger partial charge in [-0.2, -0.15) is 0 Å². The Labute approximate surface area is 59.3 Å². The number of hydrogen-bond acceptors (Lipinski definition) is 2. The van der Waals surface area contributed by atoms with E-state index in [1.54, 1.807) is 0 Å². The van der Waals surface area contributed by atoms with Crippen LogP contribution in [0.4, 0.5) is 0 Å². The van der Waals surface area contributed by atoms with Crippen LogP contribution in [0.25, 0.3) is 0 Å². The van der Waals surface area contributed by atoms with Crippen LogP contribution in [0, 0.1) is 0 Å². The zero-order valence-corrected chi connectivity index (χ0v) is 5.58. The number of aliphatic carboxylic acids is 1. The lowest BCUT2D eigenvalue weighted by Crippen LogP contribution is -2.19. The Morgan fingerprint density at radius 2 is 2.20 bits per heavy atom. The zero-order chi connectivity index (χ0) is 8.15. The fraction of sp³-hybridized carbons (Fsp3) is 0.286. The molecule has 0 saturated carbocycles. The highest BCUT2D eigenvalue weighted by molar-refractivity contribution is 5.72. The smallest absolute Gasteiger partial charge is 0.332 e. The molecule has 0 amide bonds. The normalized spacial score (nSPS) is 12.1. The van der Waals surface area contributed by atoms with E-state index in [0.717, 1.165) is 0 Å². The van der Waals surface area contributed by atoms with Crippen molar-refractivity contribution in [1.29, 1.82) is 0 Å². The summed E-state index contributed by atoms with van der Waals surface area (Å²) in [7, 11) is 0. The van der Waals surface area contributed by atoms with Crippen LogP contribution >= 0.6 is 0 Å². The molecule has 10 heavy (non-hydrogen) atoms. The first-order chi connectivity index (χ1) is 4.57. The van der Waals surface area contributed by atoms with Crippen LogP contribution in [0.15, 0.2) is 24.8 Å². The monoisotopic (exact) mass is 142 g/mol. The summed E-state index contributed by atoms with van der Waals surface area (Å²) in [5, 5.41) is 16.9. The number of hydrogen-bond donors (Lipinski definition) is 2. The van der Waals surface area contributed by atoms with Crippen LogP contribution in [-0.4, -0.2) is 22.3 Å². The molecule has 0 aromatic rings. The Bertz CT molecular complexity index is 160. The molecule has 0 aromatic carbocycles. The molecule has 0 saturated heterocycles. The van der Waals surface area contributed by atoms with Crippen molar-refractivity contribution in [1.82, 2.24) is 0 Å². The Kier molecular flexibility index (Phi) is 3.43. The molecule has 1 unspecified atom stereocenters. The molecule has 0 spiro atoms. The molecular weight excluding hydrogens is 132 g/mol. The molecule has 3 nitrogen and oxygen atoms in total. The molecule has 0 aliphatic heterocycles. The van der Waals surface area contributed by atoms with Crippen molar-refractivity contribution in [3.63, 3.8) is 0 Å². The molecule has 0 bridgehead atoms. The van der Waals surface area contributed by atoms with Gasteiger partial charge in [0.2, 0.25) is 0 Å². The summed E-state index contributed by atoms with van der Waals surface area (Å²) in [6.07, 6.45) is 0.107. The van der Waals surface area contributed by atoms with Gasteiger partial charge in [0, 0.05) is 6.42 Å². The van der Waals surface area contributed by atoms with Gasteiger partial charge < -0.3 is 10.2 Å². The van der Waals surface area contributed by atoms with E-state index in [9.17, 15) is 4.79 Å². The maximum Gasteiger partial charge on any atom is 0.332 e. The summed E-state index contributed by atoms with van der Waals surface area (Å²) in [4.78, 5) is 10.0. The summed E-state index contributed by atoms with van der Waals surface area (Å²) in [5.41, 5.74) is 0.523. The molecule has 0 aliphatic carbocycles. The predicted octanol–water partition coefficient (Wildman–Crippen LogP) is 0.564. The number of carboxylic acids is 1. The summed E-state index contributed by atoms with van der Waals surface area (Å²) in [6.45, 7) is 6.82. The average molecular weight is 142 g/mol. The molecule has 0 radical (unpaired) electrons. The Balaban J connectivity index is 3.79. The van der Waals surface area contributed by atoms with Gasteiger partial charge in [-0.05, 0) is 0 Å². The maximum absolute atomic E-state index is 10.0. The van der Waals surface area contributed by atoms with Gasteiger partial charge in [0.15, 0.2) is 6.10 Å². The third-order valence-electron chi connectivity index (χ3n) is 1.03. The van der Waals surface area contributed by atoms with E-state index in [1.165, 1.54) is 6.08 Å². The quantitative estimate of drug-likeness (QED) is 0.564. The third kappa shape index (κ3) is 3.04. The minimum absolute atomic E-state index is 0.0405. The number of carboxylic acid groups (broad SMARTS) is 1. The van der Waals surface area contributed by atoms with Crippen molar-refractivity contribution < 1.29 is 15.0 Å². The number of aliphatic hydroxyl groups excluding tert-OH is 1. The van der Waals surface area contributed by atoms with E-state index in [0.29, 0.717) is 5.57 Å². The third-order valence-corrected chi connectivity index (χ3v) is 1.03. The molecule has 0 rings (SSSR count). The van der Waals surface area contributed by atoms with Gasteiger partial charge in [-0.3, -0.25) is 0 Å². The minimum atomic E-state index is -1.36. The van der Waals surface area contributed by atoms with Crippen LogP contribution < -0.4 is 0 Å². The van der Waals surface area contributed by atoms with Crippen LogP contribution in [0.1, 0.15) is 6.42 Å². The second-order valence-corrected chi connectivity index (χ2v) is 1.92. The van der Waals surface area contributed by atoms with Crippen molar-refractivity contribution in [3.05, 3.63) is 24.8 Å². The SMILES string of the molecule is C=CC(=C)CC(O)C(=O)O. The van der Waals surface area contributed by atoms with Crippen LogP contribution in [0.3, 0.4) is 0 Å². The second-order valence-electron chi connectivity index (χ2n) is 1.92. The molecular formula is C7H10O3. The summed E-state index contributed by atoms with van der Waals surface area (Å²) >= 11 is 0. The second kappa shape index (κ2) is 3.85. The van der Waals surface area contributed by atoms with Crippen molar-refractivity contribution in [2.24, 2.45) is 0 Å². The first-order valence-corrected chi connectivity index (χ1v) is 2.79. The number of rotatable bonds is 4. The number of allylic oxidation sites excluding steroid dienone is 1. The van der Waals surface area contributed by atoms with Gasteiger partial charge in [0.25, 0.3) is 0 Å². The summed E-state index contributed by atoms with van der Waals surface area (Å²) in [5.74, 6) is -1.23. The molecule has 0 aromatic heterocycles. The molecule has 0 aliphatic rings. The molecule has 0 heterocycles. The van der Waals surface area contributed by atoms with Gasteiger partial charge in [0.05, 0.1) is 0 Å². The maximum atomic E-state index is 10.0. The van der Waals surface area contributed by atoms with Crippen molar-refractivity contribution in [3.8, 4) is 0 Å². The van der Waals surface area contributed by atoms with Gasteiger partial charge >= 0.3 is 5.97 Å². The van der Waals surface area contributed by atoms with Gasteiger partial charge in [-0.25, -0.2) is 4.79 Å². The fourth-order valence-corrected chi connectivity index (χ4v) is 0.419. The highest BCUT2D eigenvalue weighted by atomic mass is 16.4. The lowest BCUT2D eigenvalue weighted by Gasteiger charge is -2.02. The van der Waals surface area contributed by atoms with E-state index in [1.807, 2.05) is 0 Å². The highest BCUT2D eigenvalue weighted by Crippen LogP contribution is 2.02. The lowest BCUT2D eigenvalue weighted by atomic mass is 10.1. The van der Waals surface area contributed by atoms with Crippen LogP contribution in [0.5, 0.6) is 0 Å². The minimum Gasteiger partial charge on any atom is -0.479 e. The van der Waals surface area contributed by atoms with Crippen molar-refractivity contribution in [2.75, 3.05) is 0 Å². The molecule has 3 heteroatoms. The van der Waals surface area contributed by atoms with E-state index >= 15 is 0 Å². The topological polar surface area (TPSA) is 57.5 Å². The van der Waals surface area contributed by atoms with E-state index in [2.05, 4.69) is 13.2 Å². The summed E-state index contributed by atoms with van der Waals surface area (Å²) < 4.78 is 0. The summed E-state index contributed by atoms with van der Waals surface area (Å²) in [6, 6.07) is 0. The first-order valence-electron chi connectivity index (χ1n) is 2.79. The largest absolute Gasteiger partial charge is 0.479 e. The molecule has 56 valence electrons. The van der Waals surface area contributed by atoms with Gasteiger partial charge in [-0.1, -0.05) is 24.8 Å². The van der Waals surface area contributed by atoms with Gasteiger partial charge in [0.1, 0.15) is 0 Å². The molecule has 1 atom stereocenters. The molecule has 2 N–H and O–H groups in total. The van der Waals surface area contributed by atoms with Crippen LogP contribution in [0.2, 0.25) is 0 Å². The Hall–Kier alpha value is -1.09. The molecule has 0 fully saturated rings. The highest BCUT2D eigenvalue weighted by Gasteiger charge is 2.12. The van der Waals surface area contributed by atoms with E-state index < -0.39 is 12.1 Å². The zero-order valence-electron chi connectivity index (χ0n) is 5.58. The Morgan fingerprint density at radius 3 is 2.50 bits per heavy atom.